The van der Waals surface area contributed by atoms with Gasteiger partial charge in [0.15, 0.2) is 0 Å². The molecule has 0 aliphatic carbocycles. The molecule has 1 aromatic heterocycles. The normalized spacial score (nSPS) is 10.7. The Bertz CT molecular complexity index is 1040. The zero-order chi connectivity index (χ0) is 23.3. The van der Waals surface area contributed by atoms with Crippen LogP contribution in [0.15, 0.2) is 72.9 Å². The number of thioether (sulfide) groups is 1. The van der Waals surface area contributed by atoms with E-state index in [-0.39, 0.29) is 11.8 Å². The van der Waals surface area contributed by atoms with Crippen LogP contribution in [-0.4, -0.2) is 34.8 Å². The zero-order valence-electron chi connectivity index (χ0n) is 18.8. The standard InChI is InChI=1S/C27H31N3O2S/c28-26(31)14-5-2-6-16-30-27(32)20-33-18-15-25-24(13-8-17-29-25)23-12-7-11-22(19-23)21-9-3-1-4-10-21/h1,3-4,7-13,17,19H,2,5-6,14-16,18,20H2,(H2,28,31)(H,30,32). The van der Waals surface area contributed by atoms with Gasteiger partial charge < -0.3 is 11.1 Å². The van der Waals surface area contributed by atoms with Gasteiger partial charge in [-0.3, -0.25) is 14.6 Å². The van der Waals surface area contributed by atoms with Crippen molar-refractivity contribution >= 4 is 23.6 Å². The molecular weight excluding hydrogens is 430 g/mol. The van der Waals surface area contributed by atoms with Crippen molar-refractivity contribution in [3.63, 3.8) is 0 Å². The van der Waals surface area contributed by atoms with E-state index in [0.29, 0.717) is 18.7 Å². The molecule has 0 bridgehead atoms. The van der Waals surface area contributed by atoms with Crippen LogP contribution in [-0.2, 0) is 16.0 Å². The number of primary amides is 1. The molecule has 2 aromatic carbocycles. The average molecular weight is 462 g/mol. The number of rotatable bonds is 13. The van der Waals surface area contributed by atoms with Gasteiger partial charge in [0.2, 0.25) is 11.8 Å². The van der Waals surface area contributed by atoms with E-state index < -0.39 is 0 Å². The number of hydrogen-bond donors (Lipinski definition) is 2. The summed E-state index contributed by atoms with van der Waals surface area (Å²) in [6.07, 6.45) is 5.58. The minimum Gasteiger partial charge on any atom is -0.370 e. The molecule has 0 aliphatic heterocycles. The van der Waals surface area contributed by atoms with E-state index in [0.717, 1.165) is 48.3 Å². The van der Waals surface area contributed by atoms with E-state index in [1.807, 2.05) is 18.3 Å². The summed E-state index contributed by atoms with van der Waals surface area (Å²) in [6.45, 7) is 0.639. The summed E-state index contributed by atoms with van der Waals surface area (Å²) in [7, 11) is 0. The van der Waals surface area contributed by atoms with Crippen molar-refractivity contribution < 1.29 is 9.59 Å². The molecule has 1 heterocycles. The zero-order valence-corrected chi connectivity index (χ0v) is 19.7. The Morgan fingerprint density at radius 2 is 1.67 bits per heavy atom. The number of nitrogens with one attached hydrogen (secondary N) is 1. The van der Waals surface area contributed by atoms with Gasteiger partial charge in [-0.1, -0.05) is 61.0 Å². The number of carbonyl (C=O) groups is 2. The van der Waals surface area contributed by atoms with Gasteiger partial charge in [0.1, 0.15) is 0 Å². The number of aromatic nitrogens is 1. The highest BCUT2D eigenvalue weighted by Crippen LogP contribution is 2.28. The van der Waals surface area contributed by atoms with Crippen molar-refractivity contribution in [1.82, 2.24) is 10.3 Å². The van der Waals surface area contributed by atoms with E-state index in [2.05, 4.69) is 64.9 Å². The molecule has 0 saturated heterocycles. The van der Waals surface area contributed by atoms with E-state index in [1.54, 1.807) is 11.8 Å². The molecule has 0 atom stereocenters. The van der Waals surface area contributed by atoms with E-state index in [9.17, 15) is 9.59 Å². The minimum atomic E-state index is -0.268. The summed E-state index contributed by atoms with van der Waals surface area (Å²) in [5.41, 5.74) is 10.8. The Morgan fingerprint density at radius 1 is 0.879 bits per heavy atom. The minimum absolute atomic E-state index is 0.0479. The number of nitrogens with zero attached hydrogens (tertiary/aromatic N) is 1. The molecule has 0 aliphatic rings. The van der Waals surface area contributed by atoms with Gasteiger partial charge in [-0.25, -0.2) is 0 Å². The first-order chi connectivity index (χ1) is 16.1. The van der Waals surface area contributed by atoms with Crippen molar-refractivity contribution in [2.24, 2.45) is 5.73 Å². The molecule has 172 valence electrons. The fourth-order valence-corrected chi connectivity index (χ4v) is 4.38. The lowest BCUT2D eigenvalue weighted by atomic mass is 9.97. The third-order valence-electron chi connectivity index (χ3n) is 5.31. The van der Waals surface area contributed by atoms with E-state index in [1.165, 1.54) is 11.1 Å². The Morgan fingerprint density at radius 3 is 2.48 bits per heavy atom. The van der Waals surface area contributed by atoms with Crippen LogP contribution in [0.25, 0.3) is 22.3 Å². The molecule has 3 rings (SSSR count). The van der Waals surface area contributed by atoms with Crippen LogP contribution in [0.2, 0.25) is 0 Å². The molecule has 6 heteroatoms. The van der Waals surface area contributed by atoms with Crippen molar-refractivity contribution in [1.29, 1.82) is 0 Å². The highest BCUT2D eigenvalue weighted by atomic mass is 32.2. The summed E-state index contributed by atoms with van der Waals surface area (Å²) in [5.74, 6) is 1.04. The van der Waals surface area contributed by atoms with Crippen molar-refractivity contribution in [3.8, 4) is 22.3 Å². The van der Waals surface area contributed by atoms with Gasteiger partial charge in [-0.05, 0) is 53.8 Å². The smallest absolute Gasteiger partial charge is 0.229 e. The molecule has 0 fully saturated rings. The van der Waals surface area contributed by atoms with Crippen molar-refractivity contribution in [3.05, 3.63) is 78.6 Å². The van der Waals surface area contributed by atoms with Gasteiger partial charge in [0, 0.05) is 30.4 Å². The number of unbranched alkanes of at least 4 members (excludes halogenated alkanes) is 2. The van der Waals surface area contributed by atoms with E-state index in [4.69, 9.17) is 5.73 Å². The molecule has 3 N–H and O–H groups in total. The van der Waals surface area contributed by atoms with Gasteiger partial charge in [0.05, 0.1) is 5.75 Å². The summed E-state index contributed by atoms with van der Waals surface area (Å²) in [4.78, 5) is 27.4. The fraction of sp³-hybridized carbons (Fsp3) is 0.296. The SMILES string of the molecule is NC(=O)CCCCCNC(=O)CSCCc1ncccc1-c1cccc(-c2ccccc2)c1. The van der Waals surface area contributed by atoms with Crippen LogP contribution in [0.5, 0.6) is 0 Å². The van der Waals surface area contributed by atoms with Crippen LogP contribution in [0.4, 0.5) is 0 Å². The second-order valence-corrected chi connectivity index (χ2v) is 8.98. The van der Waals surface area contributed by atoms with Crippen LogP contribution in [0.3, 0.4) is 0 Å². The summed E-state index contributed by atoms with van der Waals surface area (Å²) in [5, 5.41) is 2.94. The summed E-state index contributed by atoms with van der Waals surface area (Å²) < 4.78 is 0. The summed E-state index contributed by atoms with van der Waals surface area (Å²) >= 11 is 1.62. The molecule has 33 heavy (non-hydrogen) atoms. The topological polar surface area (TPSA) is 85.1 Å². The number of amides is 2. The first kappa shape index (κ1) is 24.5. The van der Waals surface area contributed by atoms with Crippen LogP contribution >= 0.6 is 11.8 Å². The lowest BCUT2D eigenvalue weighted by molar-refractivity contribution is -0.119. The van der Waals surface area contributed by atoms with Gasteiger partial charge in [0.25, 0.3) is 0 Å². The van der Waals surface area contributed by atoms with Gasteiger partial charge in [-0.15, -0.1) is 0 Å². The molecule has 3 aromatic rings. The quantitative estimate of drug-likeness (QED) is 0.356. The molecule has 0 saturated carbocycles. The highest BCUT2D eigenvalue weighted by molar-refractivity contribution is 7.99. The first-order valence-corrected chi connectivity index (χ1v) is 12.5. The maximum atomic E-state index is 12.0. The second-order valence-electron chi connectivity index (χ2n) is 7.87. The van der Waals surface area contributed by atoms with Crippen molar-refractivity contribution in [2.45, 2.75) is 32.1 Å². The predicted molar refractivity (Wildman–Crippen MR) is 137 cm³/mol. The number of pyridine rings is 1. The Balaban J connectivity index is 1.47. The maximum Gasteiger partial charge on any atom is 0.229 e. The number of aryl methyl sites for hydroxylation is 1. The molecule has 0 radical (unpaired) electrons. The number of nitrogens with two attached hydrogens (primary N) is 1. The molecule has 0 unspecified atom stereocenters. The summed E-state index contributed by atoms with van der Waals surface area (Å²) in [6, 6.07) is 23.0. The maximum absolute atomic E-state index is 12.0. The predicted octanol–water partition coefficient (Wildman–Crippen LogP) is 4.85. The Labute approximate surface area is 200 Å². The van der Waals surface area contributed by atoms with Gasteiger partial charge >= 0.3 is 0 Å². The molecule has 5 nitrogen and oxygen atoms in total. The average Bonchev–Trinajstić information content (AvgIpc) is 2.85. The van der Waals surface area contributed by atoms with E-state index >= 15 is 0 Å². The van der Waals surface area contributed by atoms with Crippen LogP contribution in [0, 0.1) is 0 Å². The monoisotopic (exact) mass is 461 g/mol. The first-order valence-electron chi connectivity index (χ1n) is 11.4. The Kier molecular flexibility index (Phi) is 9.98. The second kappa shape index (κ2) is 13.4. The third-order valence-corrected chi connectivity index (χ3v) is 6.27. The molecule has 0 spiro atoms. The molecule has 2 amide bonds. The largest absolute Gasteiger partial charge is 0.370 e. The van der Waals surface area contributed by atoms with Gasteiger partial charge in [-0.2, -0.15) is 11.8 Å². The number of benzene rings is 2. The lowest BCUT2D eigenvalue weighted by Crippen LogP contribution is -2.26. The highest BCUT2D eigenvalue weighted by Gasteiger charge is 2.09. The number of carbonyl (C=O) groups excluding carboxylic acids is 2. The van der Waals surface area contributed by atoms with Crippen LogP contribution in [0.1, 0.15) is 31.4 Å². The molecular formula is C27H31N3O2S. The van der Waals surface area contributed by atoms with Crippen LogP contribution < -0.4 is 11.1 Å². The van der Waals surface area contributed by atoms with Crippen molar-refractivity contribution in [2.75, 3.05) is 18.1 Å². The number of hydrogen-bond acceptors (Lipinski definition) is 4. The lowest BCUT2D eigenvalue weighted by Gasteiger charge is -2.11. The third kappa shape index (κ3) is 8.39. The Hall–Kier alpha value is -3.12. The fourth-order valence-electron chi connectivity index (χ4n) is 3.61.